The van der Waals surface area contributed by atoms with Crippen molar-refractivity contribution >= 4 is 5.97 Å². The summed E-state index contributed by atoms with van der Waals surface area (Å²) in [5.74, 6) is -1.09. The lowest BCUT2D eigenvalue weighted by Gasteiger charge is -2.08. The standard InChI is InChI=1S/C20H15FN2O3.C2H6/c1-12-15(11-22)18(19(20(24)25)23(12)2)13-7-9-14(10-8-13)26-17-6-4-3-5-16(17)21;1-2/h3-10H,1-2H3,(H,24,25);1-2H3. The minimum Gasteiger partial charge on any atom is -0.477 e. The number of rotatable bonds is 4. The topological polar surface area (TPSA) is 75.2 Å². The van der Waals surface area contributed by atoms with Crippen molar-refractivity contribution in [1.29, 1.82) is 5.26 Å². The molecule has 0 fully saturated rings. The number of hydrogen-bond acceptors (Lipinski definition) is 3. The number of carboxylic acids is 1. The van der Waals surface area contributed by atoms with Gasteiger partial charge in [-0.15, -0.1) is 0 Å². The van der Waals surface area contributed by atoms with Crippen LogP contribution in [0.3, 0.4) is 0 Å². The molecule has 0 spiro atoms. The number of aromatic carboxylic acids is 1. The van der Waals surface area contributed by atoms with E-state index in [0.29, 0.717) is 28.1 Å². The van der Waals surface area contributed by atoms with E-state index in [9.17, 15) is 19.6 Å². The number of benzene rings is 2. The zero-order valence-corrected chi connectivity index (χ0v) is 16.2. The SMILES string of the molecule is CC.Cc1c(C#N)c(-c2ccc(Oc3ccccc3F)cc2)c(C(=O)O)n1C. The van der Waals surface area contributed by atoms with Gasteiger partial charge < -0.3 is 14.4 Å². The fourth-order valence-corrected chi connectivity index (χ4v) is 2.81. The van der Waals surface area contributed by atoms with Gasteiger partial charge in [0.1, 0.15) is 17.5 Å². The van der Waals surface area contributed by atoms with Crippen LogP contribution in [0.5, 0.6) is 11.5 Å². The van der Waals surface area contributed by atoms with Crippen LogP contribution in [0.1, 0.15) is 35.6 Å². The Morgan fingerprint density at radius 3 is 2.29 bits per heavy atom. The molecule has 0 radical (unpaired) electrons. The molecular weight excluding hydrogens is 359 g/mol. The van der Waals surface area contributed by atoms with Gasteiger partial charge in [-0.1, -0.05) is 38.1 Å². The highest BCUT2D eigenvalue weighted by molar-refractivity contribution is 5.97. The van der Waals surface area contributed by atoms with Gasteiger partial charge >= 0.3 is 5.97 Å². The molecule has 1 heterocycles. The molecule has 0 saturated heterocycles. The Morgan fingerprint density at radius 2 is 1.75 bits per heavy atom. The summed E-state index contributed by atoms with van der Waals surface area (Å²) < 4.78 is 20.7. The molecule has 0 unspecified atom stereocenters. The fourth-order valence-electron chi connectivity index (χ4n) is 2.81. The predicted octanol–water partition coefficient (Wildman–Crippen LogP) is 5.53. The molecule has 0 amide bonds. The second-order valence-corrected chi connectivity index (χ2v) is 5.72. The number of ether oxygens (including phenoxy) is 1. The zero-order chi connectivity index (χ0) is 20.8. The van der Waals surface area contributed by atoms with Crippen LogP contribution in [-0.4, -0.2) is 15.6 Å². The van der Waals surface area contributed by atoms with E-state index in [4.69, 9.17) is 4.74 Å². The first kappa shape index (κ1) is 20.7. The summed E-state index contributed by atoms with van der Waals surface area (Å²) in [5, 5.41) is 19.0. The maximum absolute atomic E-state index is 13.7. The molecule has 0 aliphatic heterocycles. The summed E-state index contributed by atoms with van der Waals surface area (Å²) in [6.07, 6.45) is 0. The Balaban J connectivity index is 0.00000136. The smallest absolute Gasteiger partial charge is 0.353 e. The lowest BCUT2D eigenvalue weighted by atomic mass is 10.0. The normalized spacial score (nSPS) is 9.86. The lowest BCUT2D eigenvalue weighted by Crippen LogP contribution is -2.06. The van der Waals surface area contributed by atoms with Crippen LogP contribution < -0.4 is 4.74 Å². The minimum atomic E-state index is -1.11. The molecule has 3 aromatic rings. The highest BCUT2D eigenvalue weighted by Gasteiger charge is 2.24. The van der Waals surface area contributed by atoms with E-state index in [1.165, 1.54) is 16.7 Å². The Bertz CT molecular complexity index is 1030. The van der Waals surface area contributed by atoms with Gasteiger partial charge in [0.25, 0.3) is 0 Å². The summed E-state index contributed by atoms with van der Waals surface area (Å²) in [6.45, 7) is 5.70. The summed E-state index contributed by atoms with van der Waals surface area (Å²) >= 11 is 0. The van der Waals surface area contributed by atoms with Gasteiger partial charge in [0.2, 0.25) is 0 Å². The second kappa shape index (κ2) is 8.87. The third-order valence-electron chi connectivity index (χ3n) is 4.21. The number of nitrogens with zero attached hydrogens (tertiary/aromatic N) is 2. The van der Waals surface area contributed by atoms with Gasteiger partial charge in [-0.05, 0) is 36.8 Å². The average Bonchev–Trinajstić information content (AvgIpc) is 2.96. The van der Waals surface area contributed by atoms with Gasteiger partial charge in [0, 0.05) is 18.3 Å². The van der Waals surface area contributed by atoms with Crippen LogP contribution >= 0.6 is 0 Å². The van der Waals surface area contributed by atoms with Gasteiger partial charge in [0.05, 0.1) is 5.56 Å². The molecule has 0 aliphatic carbocycles. The summed E-state index contributed by atoms with van der Waals surface area (Å²) in [4.78, 5) is 11.6. The number of nitriles is 1. The van der Waals surface area contributed by atoms with E-state index < -0.39 is 11.8 Å². The number of carbonyl (C=O) groups is 1. The van der Waals surface area contributed by atoms with Crippen LogP contribution in [0.15, 0.2) is 48.5 Å². The van der Waals surface area contributed by atoms with Gasteiger partial charge in [0.15, 0.2) is 11.6 Å². The zero-order valence-electron chi connectivity index (χ0n) is 16.2. The van der Waals surface area contributed by atoms with Crippen molar-refractivity contribution in [1.82, 2.24) is 4.57 Å². The maximum Gasteiger partial charge on any atom is 0.353 e. The minimum absolute atomic E-state index is 0.0434. The van der Waals surface area contributed by atoms with Gasteiger partial charge in [-0.3, -0.25) is 0 Å². The molecule has 0 bridgehead atoms. The van der Waals surface area contributed by atoms with E-state index in [1.807, 2.05) is 13.8 Å². The van der Waals surface area contributed by atoms with E-state index in [1.54, 1.807) is 50.4 Å². The van der Waals surface area contributed by atoms with Crippen molar-refractivity contribution < 1.29 is 19.0 Å². The van der Waals surface area contributed by atoms with E-state index in [-0.39, 0.29) is 11.4 Å². The quantitative estimate of drug-likeness (QED) is 0.646. The molecule has 2 aromatic carbocycles. The molecular formula is C22H21FN2O3. The predicted molar refractivity (Wildman–Crippen MR) is 105 cm³/mol. The Morgan fingerprint density at radius 1 is 1.14 bits per heavy atom. The van der Waals surface area contributed by atoms with Crippen LogP contribution in [0.2, 0.25) is 0 Å². The largest absolute Gasteiger partial charge is 0.477 e. The van der Waals surface area contributed by atoms with Crippen molar-refractivity contribution in [2.24, 2.45) is 7.05 Å². The fraction of sp³-hybridized carbons (Fsp3) is 0.182. The lowest BCUT2D eigenvalue weighted by molar-refractivity contribution is 0.0687. The molecule has 0 atom stereocenters. The molecule has 28 heavy (non-hydrogen) atoms. The highest BCUT2D eigenvalue weighted by atomic mass is 19.1. The third kappa shape index (κ3) is 3.89. The number of hydrogen-bond donors (Lipinski definition) is 1. The molecule has 1 N–H and O–H groups in total. The van der Waals surface area contributed by atoms with Crippen LogP contribution in [0.25, 0.3) is 11.1 Å². The molecule has 6 heteroatoms. The Kier molecular flexibility index (Phi) is 6.56. The Hall–Kier alpha value is -3.59. The van der Waals surface area contributed by atoms with Crippen LogP contribution in [0, 0.1) is 24.1 Å². The van der Waals surface area contributed by atoms with Gasteiger partial charge in [-0.25, -0.2) is 9.18 Å². The number of carboxylic acid groups (broad SMARTS) is 1. The molecule has 5 nitrogen and oxygen atoms in total. The number of aromatic nitrogens is 1. The van der Waals surface area contributed by atoms with Crippen molar-refractivity contribution in [2.75, 3.05) is 0 Å². The Labute approximate surface area is 163 Å². The maximum atomic E-state index is 13.7. The molecule has 0 aliphatic rings. The summed E-state index contributed by atoms with van der Waals surface area (Å²) in [5.41, 5.74) is 1.86. The first-order valence-electron chi connectivity index (χ1n) is 8.79. The summed E-state index contributed by atoms with van der Waals surface area (Å²) in [6, 6.07) is 14.6. The van der Waals surface area contributed by atoms with E-state index >= 15 is 0 Å². The molecule has 144 valence electrons. The number of para-hydroxylation sites is 1. The first-order chi connectivity index (χ1) is 13.4. The third-order valence-corrected chi connectivity index (χ3v) is 4.21. The molecule has 3 rings (SSSR count). The first-order valence-corrected chi connectivity index (χ1v) is 8.79. The van der Waals surface area contributed by atoms with Crippen LogP contribution in [0.4, 0.5) is 4.39 Å². The van der Waals surface area contributed by atoms with E-state index in [0.717, 1.165) is 0 Å². The number of halogens is 1. The second-order valence-electron chi connectivity index (χ2n) is 5.72. The van der Waals surface area contributed by atoms with Gasteiger partial charge in [-0.2, -0.15) is 5.26 Å². The molecule has 0 saturated carbocycles. The average molecular weight is 380 g/mol. The van der Waals surface area contributed by atoms with Crippen molar-refractivity contribution in [2.45, 2.75) is 20.8 Å². The van der Waals surface area contributed by atoms with Crippen molar-refractivity contribution in [3.8, 4) is 28.7 Å². The van der Waals surface area contributed by atoms with Crippen molar-refractivity contribution in [3.05, 3.63) is 71.3 Å². The van der Waals surface area contributed by atoms with E-state index in [2.05, 4.69) is 6.07 Å². The highest BCUT2D eigenvalue weighted by Crippen LogP contribution is 2.33. The summed E-state index contributed by atoms with van der Waals surface area (Å²) in [7, 11) is 1.61. The van der Waals surface area contributed by atoms with Crippen molar-refractivity contribution in [3.63, 3.8) is 0 Å². The molecule has 1 aromatic heterocycles. The van der Waals surface area contributed by atoms with Crippen LogP contribution in [-0.2, 0) is 7.05 Å². The monoisotopic (exact) mass is 380 g/mol.